The van der Waals surface area contributed by atoms with Crippen LogP contribution in [0, 0.1) is 6.92 Å². The molecule has 5 heteroatoms. The highest BCUT2D eigenvalue weighted by Gasteiger charge is 2.03. The summed E-state index contributed by atoms with van der Waals surface area (Å²) in [6, 6.07) is 5.10. The Morgan fingerprint density at radius 2 is 2.06 bits per heavy atom. The van der Waals surface area contributed by atoms with E-state index in [0.717, 1.165) is 5.56 Å². The van der Waals surface area contributed by atoms with E-state index < -0.39 is 5.97 Å². The maximum Gasteiger partial charge on any atom is 0.224 e. The number of carbonyl (C=O) groups is 2. The summed E-state index contributed by atoms with van der Waals surface area (Å²) in [6.07, 6.45) is -0.390. The zero-order valence-corrected chi connectivity index (χ0v) is 9.50. The average Bonchev–Trinajstić information content (AvgIpc) is 2.21. The van der Waals surface area contributed by atoms with Gasteiger partial charge in [0.25, 0.3) is 0 Å². The molecule has 0 heterocycles. The number of carboxylic acid groups (broad SMARTS) is 1. The van der Waals surface area contributed by atoms with Gasteiger partial charge in [0.05, 0.1) is 0 Å². The lowest BCUT2D eigenvalue weighted by molar-refractivity contribution is -0.305. The molecule has 0 aromatic heterocycles. The van der Waals surface area contributed by atoms with Gasteiger partial charge in [0.1, 0.15) is 0 Å². The fraction of sp³-hybridized carbons (Fsp3) is 0.273. The molecule has 0 saturated carbocycles. The second-order valence-electron chi connectivity index (χ2n) is 3.38. The van der Waals surface area contributed by atoms with Gasteiger partial charge in [0, 0.05) is 23.1 Å². The van der Waals surface area contributed by atoms with Crippen molar-refractivity contribution in [2.24, 2.45) is 0 Å². The number of anilines is 1. The van der Waals surface area contributed by atoms with Crippen molar-refractivity contribution in [3.8, 4) is 0 Å². The highest BCUT2D eigenvalue weighted by atomic mass is 35.5. The van der Waals surface area contributed by atoms with Gasteiger partial charge in [-0.2, -0.15) is 0 Å². The largest absolute Gasteiger partial charge is 0.550 e. The van der Waals surface area contributed by atoms with Gasteiger partial charge in [-0.05, 0) is 31.0 Å². The van der Waals surface area contributed by atoms with Crippen molar-refractivity contribution in [3.63, 3.8) is 0 Å². The summed E-state index contributed by atoms with van der Waals surface area (Å²) >= 11 is 5.87. The van der Waals surface area contributed by atoms with Gasteiger partial charge < -0.3 is 15.2 Å². The van der Waals surface area contributed by atoms with Crippen LogP contribution in [0.1, 0.15) is 18.4 Å². The number of carbonyl (C=O) groups excluding carboxylic acids is 2. The number of benzene rings is 1. The number of halogens is 1. The second kappa shape index (κ2) is 5.51. The van der Waals surface area contributed by atoms with Crippen molar-refractivity contribution in [2.45, 2.75) is 19.8 Å². The minimum absolute atomic E-state index is 0.103. The van der Waals surface area contributed by atoms with Gasteiger partial charge >= 0.3 is 0 Å². The van der Waals surface area contributed by atoms with Crippen molar-refractivity contribution < 1.29 is 14.7 Å². The van der Waals surface area contributed by atoms with Gasteiger partial charge in [-0.25, -0.2) is 0 Å². The first-order valence-corrected chi connectivity index (χ1v) is 5.12. The molecule has 0 aliphatic rings. The highest BCUT2D eigenvalue weighted by Crippen LogP contribution is 2.19. The van der Waals surface area contributed by atoms with Gasteiger partial charge in [-0.3, -0.25) is 4.79 Å². The molecule has 0 aliphatic heterocycles. The average molecular weight is 241 g/mol. The molecule has 0 spiro atoms. The van der Waals surface area contributed by atoms with Gasteiger partial charge in [0.2, 0.25) is 5.91 Å². The fourth-order valence-corrected chi connectivity index (χ4v) is 1.29. The third kappa shape index (κ3) is 3.90. The third-order valence-corrected chi connectivity index (χ3v) is 2.42. The number of carboxylic acids is 1. The van der Waals surface area contributed by atoms with E-state index in [-0.39, 0.29) is 18.7 Å². The molecule has 0 aliphatic carbocycles. The van der Waals surface area contributed by atoms with Crippen LogP contribution >= 0.6 is 11.6 Å². The Balaban J connectivity index is 2.56. The smallest absolute Gasteiger partial charge is 0.224 e. The van der Waals surface area contributed by atoms with E-state index in [4.69, 9.17) is 11.6 Å². The van der Waals surface area contributed by atoms with Crippen molar-refractivity contribution in [2.75, 3.05) is 5.32 Å². The van der Waals surface area contributed by atoms with Crippen molar-refractivity contribution in [1.82, 2.24) is 0 Å². The molecular formula is C11H11ClNO3-. The first kappa shape index (κ1) is 12.5. The van der Waals surface area contributed by atoms with Gasteiger partial charge in [-0.15, -0.1) is 0 Å². The molecule has 1 aromatic rings. The Kier molecular flexibility index (Phi) is 4.31. The zero-order valence-electron chi connectivity index (χ0n) is 8.75. The van der Waals surface area contributed by atoms with E-state index in [9.17, 15) is 14.7 Å². The molecule has 0 saturated heterocycles. The van der Waals surface area contributed by atoms with E-state index in [1.54, 1.807) is 18.2 Å². The Labute approximate surface area is 98.2 Å². The van der Waals surface area contributed by atoms with Crippen molar-refractivity contribution in [3.05, 3.63) is 28.8 Å². The van der Waals surface area contributed by atoms with Gasteiger partial charge in [-0.1, -0.05) is 17.7 Å². The predicted molar refractivity (Wildman–Crippen MR) is 59.1 cm³/mol. The fourth-order valence-electron chi connectivity index (χ4n) is 1.11. The number of hydrogen-bond acceptors (Lipinski definition) is 3. The summed E-state index contributed by atoms with van der Waals surface area (Å²) in [6.45, 7) is 1.85. The van der Waals surface area contributed by atoms with E-state index >= 15 is 0 Å². The minimum atomic E-state index is -1.24. The summed E-state index contributed by atoms with van der Waals surface area (Å²) in [5, 5.41) is 13.2. The Hall–Kier alpha value is -1.55. The molecule has 16 heavy (non-hydrogen) atoms. The van der Waals surface area contributed by atoms with E-state index in [0.29, 0.717) is 10.7 Å². The Morgan fingerprint density at radius 1 is 1.38 bits per heavy atom. The minimum Gasteiger partial charge on any atom is -0.550 e. The number of rotatable bonds is 4. The van der Waals surface area contributed by atoms with Crippen LogP contribution in [0.5, 0.6) is 0 Å². The first-order valence-electron chi connectivity index (χ1n) is 4.75. The zero-order chi connectivity index (χ0) is 12.1. The molecule has 0 radical (unpaired) electrons. The number of aryl methyl sites for hydroxylation is 1. The summed E-state index contributed by atoms with van der Waals surface area (Å²) in [7, 11) is 0. The van der Waals surface area contributed by atoms with E-state index in [1.807, 2.05) is 6.92 Å². The van der Waals surface area contributed by atoms with Crippen LogP contribution < -0.4 is 10.4 Å². The Morgan fingerprint density at radius 3 is 2.62 bits per heavy atom. The van der Waals surface area contributed by atoms with Crippen LogP contribution in [0.2, 0.25) is 5.02 Å². The van der Waals surface area contributed by atoms with Crippen LogP contribution in [0.4, 0.5) is 5.69 Å². The lowest BCUT2D eigenvalue weighted by Crippen LogP contribution is -2.24. The predicted octanol–water partition coefficient (Wildman–Crippen LogP) is 1.12. The van der Waals surface area contributed by atoms with Crippen LogP contribution in [-0.2, 0) is 9.59 Å². The molecule has 86 valence electrons. The monoisotopic (exact) mass is 240 g/mol. The molecule has 0 bridgehead atoms. The molecule has 1 N–H and O–H groups in total. The molecule has 0 unspecified atom stereocenters. The van der Waals surface area contributed by atoms with Crippen LogP contribution in [-0.4, -0.2) is 11.9 Å². The number of aliphatic carboxylic acids is 1. The molecular weight excluding hydrogens is 230 g/mol. The third-order valence-electron chi connectivity index (χ3n) is 2.01. The number of nitrogens with one attached hydrogen (secondary N) is 1. The molecule has 0 atom stereocenters. The topological polar surface area (TPSA) is 69.2 Å². The summed E-state index contributed by atoms with van der Waals surface area (Å²) in [5.74, 6) is -1.61. The van der Waals surface area contributed by atoms with E-state index in [2.05, 4.69) is 5.32 Å². The lowest BCUT2D eigenvalue weighted by Gasteiger charge is -2.07. The van der Waals surface area contributed by atoms with Crippen molar-refractivity contribution in [1.29, 1.82) is 0 Å². The number of amides is 1. The summed E-state index contributed by atoms with van der Waals surface area (Å²) < 4.78 is 0. The standard InChI is InChI=1S/C11H12ClNO3/c1-7-2-3-8(6-9(7)12)13-10(14)4-5-11(15)16/h2-3,6H,4-5H2,1H3,(H,13,14)(H,15,16)/p-1. The molecule has 1 aromatic carbocycles. The summed E-state index contributed by atoms with van der Waals surface area (Å²) in [4.78, 5) is 21.4. The van der Waals surface area contributed by atoms with Crippen molar-refractivity contribution >= 4 is 29.2 Å². The molecule has 1 amide bonds. The van der Waals surface area contributed by atoms with Gasteiger partial charge in [0.15, 0.2) is 0 Å². The second-order valence-corrected chi connectivity index (χ2v) is 3.79. The lowest BCUT2D eigenvalue weighted by atomic mass is 10.2. The quantitative estimate of drug-likeness (QED) is 0.857. The molecule has 1 rings (SSSR count). The normalized spacial score (nSPS) is 9.88. The van der Waals surface area contributed by atoms with E-state index in [1.165, 1.54) is 0 Å². The number of hydrogen-bond donors (Lipinski definition) is 1. The summed E-state index contributed by atoms with van der Waals surface area (Å²) in [5.41, 5.74) is 1.47. The van der Waals surface area contributed by atoms with Crippen LogP contribution in [0.25, 0.3) is 0 Å². The maximum atomic E-state index is 11.3. The highest BCUT2D eigenvalue weighted by molar-refractivity contribution is 6.31. The Bertz CT molecular complexity index is 418. The van der Waals surface area contributed by atoms with Crippen LogP contribution in [0.3, 0.4) is 0 Å². The maximum absolute atomic E-state index is 11.3. The SMILES string of the molecule is Cc1ccc(NC(=O)CCC(=O)[O-])cc1Cl. The molecule has 0 fully saturated rings. The first-order chi connectivity index (χ1) is 7.49. The molecule has 4 nitrogen and oxygen atoms in total. The van der Waals surface area contributed by atoms with Crippen LogP contribution in [0.15, 0.2) is 18.2 Å².